The third kappa shape index (κ3) is 3.57. The van der Waals surface area contributed by atoms with E-state index in [1.54, 1.807) is 16.4 Å². The van der Waals surface area contributed by atoms with Crippen LogP contribution in [0.15, 0.2) is 29.2 Å². The molecule has 19 heavy (non-hydrogen) atoms. The lowest BCUT2D eigenvalue weighted by atomic mass is 10.1. The van der Waals surface area contributed by atoms with Gasteiger partial charge in [0.2, 0.25) is 10.0 Å². The molecule has 3 nitrogen and oxygen atoms in total. The molecule has 0 amide bonds. The van der Waals surface area contributed by atoms with E-state index in [4.69, 9.17) is 0 Å². The number of aryl methyl sites for hydroxylation is 1. The van der Waals surface area contributed by atoms with Gasteiger partial charge in [0.25, 0.3) is 0 Å². The van der Waals surface area contributed by atoms with Crippen molar-refractivity contribution in [3.05, 3.63) is 29.8 Å². The maximum atomic E-state index is 12.3. The first-order valence-electron chi connectivity index (χ1n) is 7.14. The fourth-order valence-corrected chi connectivity index (χ4v) is 3.96. The van der Waals surface area contributed by atoms with Crippen LogP contribution in [0.2, 0.25) is 0 Å². The summed E-state index contributed by atoms with van der Waals surface area (Å²) in [4.78, 5) is 0.425. The molecule has 1 saturated heterocycles. The van der Waals surface area contributed by atoms with E-state index < -0.39 is 10.0 Å². The Labute approximate surface area is 116 Å². The smallest absolute Gasteiger partial charge is 0.207 e. The maximum Gasteiger partial charge on any atom is 0.243 e. The van der Waals surface area contributed by atoms with Gasteiger partial charge in [0.1, 0.15) is 0 Å². The van der Waals surface area contributed by atoms with Crippen LogP contribution in [0.5, 0.6) is 0 Å². The second kappa shape index (κ2) is 6.06. The highest BCUT2D eigenvalue weighted by Crippen LogP contribution is 2.31. The number of unbranched alkanes of at least 4 members (excludes halogenated alkanes) is 3. The van der Waals surface area contributed by atoms with Crippen LogP contribution in [-0.2, 0) is 10.0 Å². The van der Waals surface area contributed by atoms with Crippen molar-refractivity contribution in [3.63, 3.8) is 0 Å². The minimum Gasteiger partial charge on any atom is -0.207 e. The topological polar surface area (TPSA) is 37.1 Å². The van der Waals surface area contributed by atoms with E-state index in [0.717, 1.165) is 18.4 Å². The highest BCUT2D eigenvalue weighted by Gasteiger charge is 2.43. The van der Waals surface area contributed by atoms with Gasteiger partial charge in [0.05, 0.1) is 4.90 Å². The predicted molar refractivity (Wildman–Crippen MR) is 77.6 cm³/mol. The van der Waals surface area contributed by atoms with E-state index in [9.17, 15) is 8.42 Å². The van der Waals surface area contributed by atoms with Gasteiger partial charge in [-0.25, -0.2) is 8.42 Å². The van der Waals surface area contributed by atoms with E-state index in [0.29, 0.717) is 11.4 Å². The van der Waals surface area contributed by atoms with Crippen LogP contribution in [0.25, 0.3) is 0 Å². The number of hydrogen-bond acceptors (Lipinski definition) is 2. The summed E-state index contributed by atoms with van der Waals surface area (Å²) in [6, 6.07) is 7.36. The average molecular weight is 281 g/mol. The third-order valence-corrected chi connectivity index (χ3v) is 5.62. The predicted octanol–water partition coefficient (Wildman–Crippen LogP) is 3.34. The van der Waals surface area contributed by atoms with Crippen LogP contribution in [-0.4, -0.2) is 25.3 Å². The molecular weight excluding hydrogens is 258 g/mol. The van der Waals surface area contributed by atoms with Crippen LogP contribution < -0.4 is 0 Å². The number of sulfonamides is 1. The van der Waals surface area contributed by atoms with Crippen molar-refractivity contribution in [1.29, 1.82) is 0 Å². The molecule has 1 aliphatic heterocycles. The molecule has 106 valence electrons. The van der Waals surface area contributed by atoms with Gasteiger partial charge >= 0.3 is 0 Å². The number of nitrogens with zero attached hydrogens (tertiary/aromatic N) is 1. The Hall–Kier alpha value is -0.870. The number of benzene rings is 1. The van der Waals surface area contributed by atoms with Gasteiger partial charge in [-0.1, -0.05) is 50.3 Å². The Kier molecular flexibility index (Phi) is 4.63. The Morgan fingerprint density at radius 1 is 1.16 bits per heavy atom. The second-order valence-electron chi connectivity index (χ2n) is 5.39. The second-order valence-corrected chi connectivity index (χ2v) is 7.28. The van der Waals surface area contributed by atoms with Crippen LogP contribution >= 0.6 is 0 Å². The van der Waals surface area contributed by atoms with Crippen LogP contribution in [0.1, 0.15) is 44.6 Å². The lowest BCUT2D eigenvalue weighted by molar-refractivity contribution is 0.537. The first-order chi connectivity index (χ1) is 9.05. The molecule has 2 atom stereocenters. The number of hydrogen-bond donors (Lipinski definition) is 0. The molecule has 0 spiro atoms. The molecule has 2 rings (SSSR count). The van der Waals surface area contributed by atoms with E-state index in [-0.39, 0.29) is 6.04 Å². The Morgan fingerprint density at radius 2 is 1.84 bits per heavy atom. The van der Waals surface area contributed by atoms with Crippen molar-refractivity contribution in [2.75, 3.05) is 6.54 Å². The highest BCUT2D eigenvalue weighted by atomic mass is 32.2. The van der Waals surface area contributed by atoms with Crippen molar-refractivity contribution < 1.29 is 8.42 Å². The molecular formula is C15H23NO2S. The monoisotopic (exact) mass is 281 g/mol. The molecule has 0 saturated carbocycles. The minimum atomic E-state index is -3.24. The van der Waals surface area contributed by atoms with E-state index in [1.807, 2.05) is 19.1 Å². The molecule has 1 aliphatic rings. The lowest BCUT2D eigenvalue weighted by Crippen LogP contribution is -2.14. The van der Waals surface area contributed by atoms with Crippen molar-refractivity contribution >= 4 is 10.0 Å². The largest absolute Gasteiger partial charge is 0.243 e. The summed E-state index contributed by atoms with van der Waals surface area (Å²) < 4.78 is 26.3. The molecule has 1 unspecified atom stereocenters. The van der Waals surface area contributed by atoms with Crippen molar-refractivity contribution in [1.82, 2.24) is 4.31 Å². The van der Waals surface area contributed by atoms with Gasteiger partial charge in [-0.3, -0.25) is 0 Å². The molecule has 1 aromatic carbocycles. The van der Waals surface area contributed by atoms with Gasteiger partial charge in [-0.15, -0.1) is 0 Å². The van der Waals surface area contributed by atoms with E-state index >= 15 is 0 Å². The zero-order valence-electron chi connectivity index (χ0n) is 11.8. The van der Waals surface area contributed by atoms with E-state index in [2.05, 4.69) is 6.92 Å². The maximum absolute atomic E-state index is 12.3. The molecule has 0 aromatic heterocycles. The SMILES string of the molecule is CCCCCC[C@H]1CN1S(=O)(=O)c1ccc(C)cc1. The molecule has 4 heteroatoms. The van der Waals surface area contributed by atoms with Crippen LogP contribution in [0, 0.1) is 6.92 Å². The van der Waals surface area contributed by atoms with Crippen LogP contribution in [0.3, 0.4) is 0 Å². The first-order valence-corrected chi connectivity index (χ1v) is 8.58. The Balaban J connectivity index is 1.90. The summed E-state index contributed by atoms with van der Waals surface area (Å²) in [5.41, 5.74) is 1.08. The van der Waals surface area contributed by atoms with Crippen LogP contribution in [0.4, 0.5) is 0 Å². The van der Waals surface area contributed by atoms with Crippen molar-refractivity contribution in [3.8, 4) is 0 Å². The highest BCUT2D eigenvalue weighted by molar-refractivity contribution is 7.89. The lowest BCUT2D eigenvalue weighted by Gasteiger charge is -2.06. The van der Waals surface area contributed by atoms with Gasteiger partial charge in [-0.2, -0.15) is 4.31 Å². The zero-order valence-corrected chi connectivity index (χ0v) is 12.6. The summed E-state index contributed by atoms with van der Waals surface area (Å²) >= 11 is 0. The van der Waals surface area contributed by atoms with Crippen molar-refractivity contribution in [2.45, 2.75) is 56.9 Å². The quantitative estimate of drug-likeness (QED) is 0.568. The van der Waals surface area contributed by atoms with Gasteiger partial charge in [0.15, 0.2) is 0 Å². The average Bonchev–Trinajstić information content (AvgIpc) is 3.15. The van der Waals surface area contributed by atoms with Gasteiger partial charge in [0, 0.05) is 12.6 Å². The molecule has 1 aromatic rings. The molecule has 1 fully saturated rings. The fourth-order valence-electron chi connectivity index (χ4n) is 2.34. The zero-order chi connectivity index (χ0) is 13.9. The molecule has 1 heterocycles. The van der Waals surface area contributed by atoms with Gasteiger partial charge in [-0.05, 0) is 25.5 Å². The Morgan fingerprint density at radius 3 is 2.47 bits per heavy atom. The molecule has 0 N–H and O–H groups in total. The van der Waals surface area contributed by atoms with Gasteiger partial charge < -0.3 is 0 Å². The summed E-state index contributed by atoms with van der Waals surface area (Å²) in [5.74, 6) is 0. The molecule has 0 radical (unpaired) electrons. The summed E-state index contributed by atoms with van der Waals surface area (Å²) in [5, 5.41) is 0. The van der Waals surface area contributed by atoms with Crippen molar-refractivity contribution in [2.24, 2.45) is 0 Å². The standard InChI is InChI=1S/C15H23NO2S/c1-3-4-5-6-7-14-12-16(14)19(17,18)15-10-8-13(2)9-11-15/h8-11,14H,3-7,12H2,1-2H3/t14-,16?/m0/s1. The summed E-state index contributed by atoms with van der Waals surface area (Å²) in [6.07, 6.45) is 5.82. The number of rotatable bonds is 7. The molecule has 0 bridgehead atoms. The molecule has 0 aliphatic carbocycles. The Bertz CT molecular complexity index is 507. The first kappa shape index (κ1) is 14.5. The summed E-state index contributed by atoms with van der Waals surface area (Å²) in [7, 11) is -3.24. The minimum absolute atomic E-state index is 0.239. The fraction of sp³-hybridized carbons (Fsp3) is 0.600. The normalized spacial score (nSPS) is 22.4. The summed E-state index contributed by atoms with van der Waals surface area (Å²) in [6.45, 7) is 4.85. The van der Waals surface area contributed by atoms with E-state index in [1.165, 1.54) is 19.3 Å². The third-order valence-electron chi connectivity index (χ3n) is 3.68.